The minimum atomic E-state index is 0.996. The molecule has 2 nitrogen and oxygen atoms in total. The van der Waals surface area contributed by atoms with E-state index >= 15 is 0 Å². The zero-order valence-electron chi connectivity index (χ0n) is 20.6. The lowest BCUT2D eigenvalue weighted by molar-refractivity contribution is -0.345. The Balaban J connectivity index is 2.13. The molecule has 2 aromatic rings. The number of hydrogen-bond acceptors (Lipinski definition) is 0. The van der Waals surface area contributed by atoms with Crippen molar-refractivity contribution in [3.8, 4) is 0 Å². The SMILES string of the molecule is CCCCCCC1=C(c2cccc(CC)c2)[N+](=[N-])C(c2cccc(CC)c2)=C1CCCC. The Hall–Kier alpha value is -2.48. The highest BCUT2D eigenvalue weighted by Gasteiger charge is 2.35. The van der Waals surface area contributed by atoms with Gasteiger partial charge in [0.1, 0.15) is 0 Å². The highest BCUT2D eigenvalue weighted by molar-refractivity contribution is 5.82. The molecule has 0 fully saturated rings. The molecule has 2 aromatic carbocycles. The summed E-state index contributed by atoms with van der Waals surface area (Å²) in [6, 6.07) is 17.4. The Labute approximate surface area is 195 Å². The molecule has 0 atom stereocenters. The fraction of sp³-hybridized carbons (Fsp3) is 0.467. The van der Waals surface area contributed by atoms with E-state index in [0.29, 0.717) is 0 Å². The molecule has 0 unspecified atom stereocenters. The second-order valence-electron chi connectivity index (χ2n) is 8.99. The summed E-state index contributed by atoms with van der Waals surface area (Å²) < 4.78 is 1.52. The fourth-order valence-electron chi connectivity index (χ4n) is 4.74. The molecule has 0 saturated heterocycles. The van der Waals surface area contributed by atoms with Crippen molar-refractivity contribution >= 4 is 11.4 Å². The molecule has 0 aromatic heterocycles. The number of aryl methyl sites for hydroxylation is 2. The molecule has 3 rings (SSSR count). The molecular weight excluding hydrogens is 388 g/mol. The van der Waals surface area contributed by atoms with Crippen LogP contribution in [0.2, 0.25) is 0 Å². The van der Waals surface area contributed by atoms with Crippen molar-refractivity contribution in [2.75, 3.05) is 0 Å². The maximum absolute atomic E-state index is 11.6. The summed E-state index contributed by atoms with van der Waals surface area (Å²) in [5.74, 6) is 0. The Kier molecular flexibility index (Phi) is 9.02. The monoisotopic (exact) mass is 428 g/mol. The summed E-state index contributed by atoms with van der Waals surface area (Å²) in [6.45, 7) is 8.89. The smallest absolute Gasteiger partial charge is 0.211 e. The van der Waals surface area contributed by atoms with Crippen LogP contribution in [0.1, 0.15) is 101 Å². The molecule has 2 heteroatoms. The van der Waals surface area contributed by atoms with E-state index in [1.165, 1.54) is 52.7 Å². The van der Waals surface area contributed by atoms with Gasteiger partial charge in [-0.3, -0.25) is 0 Å². The maximum atomic E-state index is 11.6. The second-order valence-corrected chi connectivity index (χ2v) is 8.99. The van der Waals surface area contributed by atoms with Gasteiger partial charge in [-0.25, -0.2) is 4.70 Å². The van der Waals surface area contributed by atoms with E-state index < -0.39 is 0 Å². The maximum Gasteiger partial charge on any atom is 0.211 e. The lowest BCUT2D eigenvalue weighted by Gasteiger charge is -2.11. The largest absolute Gasteiger partial charge is 0.493 e. The first-order valence-electron chi connectivity index (χ1n) is 12.8. The number of unbranched alkanes of at least 4 members (excludes halogenated alkanes) is 4. The molecule has 1 aliphatic heterocycles. The zero-order chi connectivity index (χ0) is 22.9. The topological polar surface area (TPSA) is 25.3 Å². The Morgan fingerprint density at radius 1 is 0.625 bits per heavy atom. The standard InChI is InChI=1S/C30H40N2/c1-5-9-11-12-20-28-27(19-10-6-2)29(25-17-13-15-23(7-3)21-25)32(31)30(28)26-18-14-16-24(8-4)22-26/h13-18,21-22H,5-12,19-20H2,1-4H3. The van der Waals surface area contributed by atoms with Crippen LogP contribution < -0.4 is 0 Å². The van der Waals surface area contributed by atoms with Gasteiger partial charge in [0.2, 0.25) is 11.4 Å². The first kappa shape index (κ1) is 24.2. The fourth-order valence-corrected chi connectivity index (χ4v) is 4.74. The Morgan fingerprint density at radius 2 is 1.12 bits per heavy atom. The Morgan fingerprint density at radius 3 is 1.59 bits per heavy atom. The van der Waals surface area contributed by atoms with Crippen molar-refractivity contribution in [1.29, 1.82) is 0 Å². The molecule has 1 heterocycles. The number of nitrogens with zero attached hydrogens (tertiary/aromatic N) is 2. The van der Waals surface area contributed by atoms with Crippen LogP contribution in [-0.2, 0) is 12.8 Å². The number of benzene rings is 2. The number of allylic oxidation sites excluding steroid dienone is 2. The highest BCUT2D eigenvalue weighted by Crippen LogP contribution is 2.44. The molecule has 0 bridgehead atoms. The van der Waals surface area contributed by atoms with Crippen LogP contribution in [0.25, 0.3) is 16.9 Å². The molecule has 32 heavy (non-hydrogen) atoms. The van der Waals surface area contributed by atoms with Crippen LogP contribution in [0.15, 0.2) is 59.7 Å². The summed E-state index contributed by atoms with van der Waals surface area (Å²) in [5, 5.41) is 0. The van der Waals surface area contributed by atoms with Crippen molar-refractivity contribution in [3.05, 3.63) is 87.5 Å². The molecule has 170 valence electrons. The van der Waals surface area contributed by atoms with Crippen LogP contribution >= 0.6 is 0 Å². The van der Waals surface area contributed by atoms with Gasteiger partial charge in [0, 0.05) is 22.3 Å². The Bertz CT molecular complexity index is 993. The molecule has 0 N–H and O–H groups in total. The van der Waals surface area contributed by atoms with Crippen molar-refractivity contribution in [2.24, 2.45) is 0 Å². The second kappa shape index (κ2) is 11.9. The van der Waals surface area contributed by atoms with Gasteiger partial charge >= 0.3 is 0 Å². The van der Waals surface area contributed by atoms with E-state index in [1.54, 1.807) is 0 Å². The van der Waals surface area contributed by atoms with Gasteiger partial charge < -0.3 is 5.53 Å². The van der Waals surface area contributed by atoms with Gasteiger partial charge in [0.25, 0.3) is 0 Å². The first-order valence-corrected chi connectivity index (χ1v) is 12.8. The van der Waals surface area contributed by atoms with Gasteiger partial charge in [-0.1, -0.05) is 77.6 Å². The van der Waals surface area contributed by atoms with Crippen LogP contribution in [0.3, 0.4) is 0 Å². The molecule has 0 aliphatic carbocycles. The van der Waals surface area contributed by atoms with Crippen LogP contribution in [0, 0.1) is 0 Å². The molecule has 0 radical (unpaired) electrons. The first-order chi connectivity index (χ1) is 15.6. The molecule has 0 saturated carbocycles. The van der Waals surface area contributed by atoms with E-state index in [4.69, 9.17) is 0 Å². The minimum absolute atomic E-state index is 0.996. The van der Waals surface area contributed by atoms with Crippen LogP contribution in [0.5, 0.6) is 0 Å². The molecule has 1 aliphatic rings. The van der Waals surface area contributed by atoms with Gasteiger partial charge in [-0.05, 0) is 73.9 Å². The van der Waals surface area contributed by atoms with Gasteiger partial charge in [0.05, 0.1) is 0 Å². The highest BCUT2D eigenvalue weighted by atomic mass is 15.2. The lowest BCUT2D eigenvalue weighted by Crippen LogP contribution is -2.03. The molecule has 0 spiro atoms. The third kappa shape index (κ3) is 5.46. The average molecular weight is 429 g/mol. The lowest BCUT2D eigenvalue weighted by atomic mass is 9.91. The van der Waals surface area contributed by atoms with Crippen molar-refractivity contribution in [3.63, 3.8) is 0 Å². The summed E-state index contributed by atoms with van der Waals surface area (Å²) in [7, 11) is 0. The predicted octanol–water partition coefficient (Wildman–Crippen LogP) is 9.14. The summed E-state index contributed by atoms with van der Waals surface area (Å²) in [4.78, 5) is 0. The number of rotatable bonds is 12. The van der Waals surface area contributed by atoms with E-state index in [2.05, 4.69) is 76.2 Å². The van der Waals surface area contributed by atoms with E-state index in [1.807, 2.05) is 0 Å². The third-order valence-electron chi connectivity index (χ3n) is 6.64. The molecule has 0 amide bonds. The quantitative estimate of drug-likeness (QED) is 0.238. The average Bonchev–Trinajstić information content (AvgIpc) is 3.11. The van der Waals surface area contributed by atoms with E-state index in [9.17, 15) is 5.53 Å². The number of hydrogen-bond donors (Lipinski definition) is 0. The molecular formula is C30H40N2. The third-order valence-corrected chi connectivity index (χ3v) is 6.64. The van der Waals surface area contributed by atoms with E-state index in [0.717, 1.165) is 61.0 Å². The summed E-state index contributed by atoms with van der Waals surface area (Å²) in [5.41, 5.74) is 21.2. The van der Waals surface area contributed by atoms with Crippen molar-refractivity contribution in [1.82, 2.24) is 0 Å². The van der Waals surface area contributed by atoms with Gasteiger partial charge in [-0.2, -0.15) is 0 Å². The van der Waals surface area contributed by atoms with Gasteiger partial charge in [0.15, 0.2) is 0 Å². The summed E-state index contributed by atoms with van der Waals surface area (Å²) in [6.07, 6.45) is 11.3. The van der Waals surface area contributed by atoms with Crippen molar-refractivity contribution in [2.45, 2.75) is 91.9 Å². The van der Waals surface area contributed by atoms with Crippen molar-refractivity contribution < 1.29 is 4.70 Å². The van der Waals surface area contributed by atoms with Gasteiger partial charge in [-0.15, -0.1) is 0 Å². The van der Waals surface area contributed by atoms with Crippen LogP contribution in [0.4, 0.5) is 0 Å². The minimum Gasteiger partial charge on any atom is -0.493 e. The van der Waals surface area contributed by atoms with E-state index in [-0.39, 0.29) is 0 Å². The zero-order valence-corrected chi connectivity index (χ0v) is 20.6. The predicted molar refractivity (Wildman–Crippen MR) is 137 cm³/mol. The van der Waals surface area contributed by atoms with Crippen LogP contribution in [-0.4, -0.2) is 4.70 Å². The normalized spacial score (nSPS) is 14.1. The summed E-state index contributed by atoms with van der Waals surface area (Å²) >= 11 is 0.